The molecule has 134 valence electrons. The molecule has 25 heavy (non-hydrogen) atoms. The van der Waals surface area contributed by atoms with Crippen molar-refractivity contribution in [1.29, 1.82) is 0 Å². The third-order valence-corrected chi connectivity index (χ3v) is 4.67. The molecule has 2 rings (SSSR count). The molecule has 1 aliphatic rings. The monoisotopic (exact) mass is 409 g/mol. The van der Waals surface area contributed by atoms with Crippen molar-refractivity contribution in [1.82, 2.24) is 4.90 Å². The zero-order valence-electron chi connectivity index (χ0n) is 14.7. The van der Waals surface area contributed by atoms with Crippen LogP contribution in [0.25, 0.3) is 0 Å². The molecule has 1 atom stereocenters. The van der Waals surface area contributed by atoms with Gasteiger partial charge in [0, 0.05) is 5.56 Å². The van der Waals surface area contributed by atoms with E-state index in [4.69, 9.17) is 9.31 Å². The highest BCUT2D eigenvalue weighted by molar-refractivity contribution is 9.10. The second kappa shape index (κ2) is 7.70. The molecule has 1 aromatic rings. The van der Waals surface area contributed by atoms with Crippen molar-refractivity contribution in [3.8, 4) is 0 Å². The first kappa shape index (κ1) is 19.7. The second-order valence-electron chi connectivity index (χ2n) is 7.11. The van der Waals surface area contributed by atoms with Crippen LogP contribution in [-0.4, -0.2) is 54.6 Å². The molecule has 0 saturated carbocycles. The maximum absolute atomic E-state index is 12.6. The standard InChI is InChI=1S/C17H21BBrNO5/c1-17(2,3)12-7-5-11(6-8-12)15(23)16(19)18-24-13(21)9-20(4)10-14(22)25-18/h5-8,16H,9-10H2,1-4H3/t16-/m0/s1. The van der Waals surface area contributed by atoms with Crippen LogP contribution < -0.4 is 0 Å². The Balaban J connectivity index is 2.15. The lowest BCUT2D eigenvalue weighted by Crippen LogP contribution is -2.48. The van der Waals surface area contributed by atoms with E-state index in [0.717, 1.165) is 5.56 Å². The number of hydrogen-bond acceptors (Lipinski definition) is 6. The van der Waals surface area contributed by atoms with Crippen molar-refractivity contribution < 1.29 is 23.7 Å². The summed E-state index contributed by atoms with van der Waals surface area (Å²) in [7, 11) is 0.319. The first-order chi connectivity index (χ1) is 11.6. The van der Waals surface area contributed by atoms with Gasteiger partial charge in [-0.3, -0.25) is 19.3 Å². The molecular formula is C17H21BBrNO5. The van der Waals surface area contributed by atoms with Gasteiger partial charge in [0.05, 0.1) is 13.1 Å². The van der Waals surface area contributed by atoms with Gasteiger partial charge in [-0.05, 0) is 18.0 Å². The van der Waals surface area contributed by atoms with Crippen molar-refractivity contribution >= 4 is 40.8 Å². The molecule has 0 unspecified atom stereocenters. The van der Waals surface area contributed by atoms with Crippen molar-refractivity contribution in [2.75, 3.05) is 20.1 Å². The van der Waals surface area contributed by atoms with E-state index in [0.29, 0.717) is 5.56 Å². The number of benzene rings is 1. The summed E-state index contributed by atoms with van der Waals surface area (Å²) in [5.74, 6) is -1.43. The molecule has 0 aliphatic carbocycles. The van der Waals surface area contributed by atoms with Gasteiger partial charge in [0.25, 0.3) is 0 Å². The van der Waals surface area contributed by atoms with Crippen molar-refractivity contribution in [2.45, 2.75) is 30.9 Å². The largest absolute Gasteiger partial charge is 0.621 e. The third-order valence-electron chi connectivity index (χ3n) is 3.82. The Hall–Kier alpha value is -1.67. The Kier molecular flexibility index (Phi) is 6.05. The van der Waals surface area contributed by atoms with Gasteiger partial charge in [-0.2, -0.15) is 0 Å². The quantitative estimate of drug-likeness (QED) is 0.431. The van der Waals surface area contributed by atoms with Gasteiger partial charge in [0.15, 0.2) is 5.78 Å². The Labute approximate surface area is 156 Å². The number of ketones is 1. The molecule has 1 heterocycles. The van der Waals surface area contributed by atoms with E-state index < -0.39 is 23.8 Å². The predicted octanol–water partition coefficient (Wildman–Crippen LogP) is 1.99. The van der Waals surface area contributed by atoms with Crippen LogP contribution in [-0.2, 0) is 24.3 Å². The molecule has 0 radical (unpaired) electrons. The molecule has 1 aliphatic heterocycles. The molecule has 0 N–H and O–H groups in total. The number of nitrogens with zero attached hydrogens (tertiary/aromatic N) is 1. The molecule has 0 aromatic heterocycles. The lowest BCUT2D eigenvalue weighted by atomic mass is 9.79. The highest BCUT2D eigenvalue weighted by Crippen LogP contribution is 2.23. The minimum absolute atomic E-state index is 0.0218. The maximum Gasteiger partial charge on any atom is 0.621 e. The van der Waals surface area contributed by atoms with E-state index >= 15 is 0 Å². The summed E-state index contributed by atoms with van der Waals surface area (Å²) in [5.41, 5.74) is 1.52. The smallest absolute Gasteiger partial charge is 0.497 e. The van der Waals surface area contributed by atoms with Crippen LogP contribution in [0.5, 0.6) is 0 Å². The van der Waals surface area contributed by atoms with Crippen molar-refractivity contribution in [3.05, 3.63) is 35.4 Å². The number of hydrogen-bond donors (Lipinski definition) is 0. The summed E-state index contributed by atoms with van der Waals surface area (Å²) in [6.45, 7) is 6.17. The second-order valence-corrected chi connectivity index (χ2v) is 8.10. The van der Waals surface area contributed by atoms with Crippen LogP contribution in [0.2, 0.25) is 0 Å². The zero-order chi connectivity index (χ0) is 18.8. The summed E-state index contributed by atoms with van der Waals surface area (Å²) < 4.78 is 9.28. The van der Waals surface area contributed by atoms with Gasteiger partial charge in [0.2, 0.25) is 0 Å². The number of alkyl halides is 1. The molecule has 6 nitrogen and oxygen atoms in total. The molecule has 0 amide bonds. The summed E-state index contributed by atoms with van der Waals surface area (Å²) >= 11 is 3.21. The van der Waals surface area contributed by atoms with E-state index in [-0.39, 0.29) is 24.3 Å². The first-order valence-electron chi connectivity index (χ1n) is 7.94. The molecule has 1 saturated heterocycles. The van der Waals surface area contributed by atoms with Gasteiger partial charge in [0.1, 0.15) is 4.73 Å². The van der Waals surface area contributed by atoms with E-state index in [1.807, 2.05) is 12.1 Å². The fourth-order valence-corrected chi connectivity index (χ4v) is 2.87. The van der Waals surface area contributed by atoms with Gasteiger partial charge in [-0.25, -0.2) is 0 Å². The Morgan fingerprint density at radius 1 is 1.12 bits per heavy atom. The lowest BCUT2D eigenvalue weighted by Gasteiger charge is -2.24. The molecule has 0 bridgehead atoms. The van der Waals surface area contributed by atoms with Gasteiger partial charge in [-0.1, -0.05) is 61.0 Å². The number of likely N-dealkylation sites (N-methyl/N-ethyl adjacent to an activating group) is 1. The highest BCUT2D eigenvalue weighted by Gasteiger charge is 2.42. The van der Waals surface area contributed by atoms with Crippen LogP contribution in [0, 0.1) is 0 Å². The molecule has 1 aromatic carbocycles. The summed E-state index contributed by atoms with van der Waals surface area (Å²) in [6, 6.07) is 7.21. The number of carbonyl (C=O) groups is 3. The molecular weight excluding hydrogens is 389 g/mol. The SMILES string of the molecule is CN1CC(=O)OB([C@@H](Br)C(=O)c2ccc(C(C)(C)C)cc2)OC(=O)C1. The average Bonchev–Trinajstić information content (AvgIpc) is 2.50. The maximum atomic E-state index is 12.6. The topological polar surface area (TPSA) is 72.9 Å². The number of halogens is 1. The van der Waals surface area contributed by atoms with E-state index in [9.17, 15) is 14.4 Å². The summed E-state index contributed by atoms with van der Waals surface area (Å²) in [6.07, 6.45) is 0. The van der Waals surface area contributed by atoms with Crippen molar-refractivity contribution in [2.24, 2.45) is 0 Å². The Morgan fingerprint density at radius 3 is 2.04 bits per heavy atom. The van der Waals surface area contributed by atoms with Gasteiger partial charge < -0.3 is 9.31 Å². The normalized spacial score (nSPS) is 18.0. The van der Waals surface area contributed by atoms with Crippen LogP contribution in [0.4, 0.5) is 0 Å². The number of Topliss-reactive ketones (excluding diaryl/α,β-unsaturated/α-hetero) is 1. The summed E-state index contributed by atoms with van der Waals surface area (Å²) in [5, 5.41) is 0. The average molecular weight is 410 g/mol. The van der Waals surface area contributed by atoms with E-state index in [1.165, 1.54) is 4.90 Å². The minimum Gasteiger partial charge on any atom is -0.497 e. The fourth-order valence-electron chi connectivity index (χ4n) is 2.39. The Bertz CT molecular complexity index is 651. The summed E-state index contributed by atoms with van der Waals surface area (Å²) in [4.78, 5) is 37.7. The van der Waals surface area contributed by atoms with Crippen LogP contribution >= 0.6 is 15.9 Å². The van der Waals surface area contributed by atoms with Crippen LogP contribution in [0.3, 0.4) is 0 Å². The number of rotatable bonds is 3. The molecule has 0 spiro atoms. The van der Waals surface area contributed by atoms with E-state index in [2.05, 4.69) is 36.7 Å². The number of carbonyl (C=O) groups excluding carboxylic acids is 3. The lowest BCUT2D eigenvalue weighted by molar-refractivity contribution is -0.145. The Morgan fingerprint density at radius 2 is 1.60 bits per heavy atom. The minimum atomic E-state index is -1.29. The third kappa shape index (κ3) is 5.15. The molecule has 1 fully saturated rings. The zero-order valence-corrected chi connectivity index (χ0v) is 16.3. The van der Waals surface area contributed by atoms with E-state index in [1.54, 1.807) is 19.2 Å². The van der Waals surface area contributed by atoms with Crippen LogP contribution in [0.1, 0.15) is 36.7 Å². The fraction of sp³-hybridized carbons (Fsp3) is 0.471. The predicted molar refractivity (Wildman–Crippen MR) is 97.6 cm³/mol. The molecule has 8 heteroatoms. The first-order valence-corrected chi connectivity index (χ1v) is 8.86. The van der Waals surface area contributed by atoms with Crippen molar-refractivity contribution in [3.63, 3.8) is 0 Å². The van der Waals surface area contributed by atoms with Gasteiger partial charge >= 0.3 is 19.1 Å². The van der Waals surface area contributed by atoms with Gasteiger partial charge in [-0.15, -0.1) is 0 Å². The van der Waals surface area contributed by atoms with Crippen LogP contribution in [0.15, 0.2) is 24.3 Å². The highest BCUT2D eigenvalue weighted by atomic mass is 79.9.